The van der Waals surface area contributed by atoms with Crippen LogP contribution in [0.4, 0.5) is 0 Å². The van der Waals surface area contributed by atoms with Crippen LogP contribution in [0, 0.1) is 0 Å². The number of carboxylic acid groups (broad SMARTS) is 1. The number of hydrogen-bond donors (Lipinski definition) is 2. The lowest BCUT2D eigenvalue weighted by Gasteiger charge is -2.07. The summed E-state index contributed by atoms with van der Waals surface area (Å²) in [4.78, 5) is 23.2. The molecule has 0 atom stereocenters. The van der Waals surface area contributed by atoms with Crippen LogP contribution in [-0.2, 0) is 16.4 Å². The van der Waals surface area contributed by atoms with Crippen molar-refractivity contribution >= 4 is 21.7 Å². The van der Waals surface area contributed by atoms with Crippen LogP contribution in [-0.4, -0.2) is 31.2 Å². The maximum absolute atomic E-state index is 12.1. The standard InChI is InChI=1S/C17H17NO5S/c1-2-24(22,23)15-8-6-13(7-9-15)16(19)18-11-12-4-3-5-14(10-12)17(20)21/h3-10H,2,11H2,1H3,(H,18,19)(H,20,21). The highest BCUT2D eigenvalue weighted by molar-refractivity contribution is 7.91. The first-order chi connectivity index (χ1) is 11.3. The number of nitrogens with one attached hydrogen (secondary N) is 1. The van der Waals surface area contributed by atoms with Gasteiger partial charge in [-0.15, -0.1) is 0 Å². The number of amides is 1. The minimum Gasteiger partial charge on any atom is -0.478 e. The number of carbonyl (C=O) groups is 2. The summed E-state index contributed by atoms with van der Waals surface area (Å²) in [5, 5.41) is 11.6. The van der Waals surface area contributed by atoms with Crippen LogP contribution in [0.5, 0.6) is 0 Å². The first kappa shape index (κ1) is 17.7. The van der Waals surface area contributed by atoms with E-state index in [1.54, 1.807) is 19.1 Å². The minimum atomic E-state index is -3.30. The lowest BCUT2D eigenvalue weighted by molar-refractivity contribution is 0.0696. The molecule has 0 radical (unpaired) electrons. The van der Waals surface area contributed by atoms with Gasteiger partial charge in [-0.25, -0.2) is 13.2 Å². The molecule has 0 aliphatic rings. The predicted octanol–water partition coefficient (Wildman–Crippen LogP) is 2.11. The number of sulfone groups is 1. The van der Waals surface area contributed by atoms with Gasteiger partial charge in [-0.1, -0.05) is 19.1 Å². The highest BCUT2D eigenvalue weighted by Gasteiger charge is 2.13. The third-order valence-electron chi connectivity index (χ3n) is 3.48. The fraction of sp³-hybridized carbons (Fsp3) is 0.176. The molecule has 0 aliphatic carbocycles. The Balaban J connectivity index is 2.05. The Labute approximate surface area is 140 Å². The molecule has 1 amide bonds. The molecule has 0 bridgehead atoms. The molecule has 0 heterocycles. The summed E-state index contributed by atoms with van der Waals surface area (Å²) in [5.41, 5.74) is 1.14. The van der Waals surface area contributed by atoms with E-state index in [4.69, 9.17) is 5.11 Å². The van der Waals surface area contributed by atoms with Gasteiger partial charge in [-0.2, -0.15) is 0 Å². The Morgan fingerprint density at radius 1 is 1.04 bits per heavy atom. The van der Waals surface area contributed by atoms with Crippen molar-refractivity contribution in [1.29, 1.82) is 0 Å². The van der Waals surface area contributed by atoms with Crippen LogP contribution >= 0.6 is 0 Å². The summed E-state index contributed by atoms with van der Waals surface area (Å²) in [5.74, 6) is -1.40. The summed E-state index contributed by atoms with van der Waals surface area (Å²) < 4.78 is 23.5. The molecular formula is C17H17NO5S. The second kappa shape index (κ2) is 7.27. The largest absolute Gasteiger partial charge is 0.478 e. The third kappa shape index (κ3) is 4.20. The van der Waals surface area contributed by atoms with Crippen LogP contribution < -0.4 is 5.32 Å². The molecule has 24 heavy (non-hydrogen) atoms. The van der Waals surface area contributed by atoms with Crippen molar-refractivity contribution in [1.82, 2.24) is 5.32 Å². The maximum Gasteiger partial charge on any atom is 0.335 e. The Morgan fingerprint density at radius 2 is 1.71 bits per heavy atom. The van der Waals surface area contributed by atoms with Crippen molar-refractivity contribution in [3.8, 4) is 0 Å². The van der Waals surface area contributed by atoms with Gasteiger partial charge >= 0.3 is 5.97 Å². The Bertz CT molecular complexity index is 857. The van der Waals surface area contributed by atoms with Crippen molar-refractivity contribution in [3.05, 3.63) is 65.2 Å². The molecule has 2 aromatic carbocycles. The molecule has 0 saturated heterocycles. The fourth-order valence-electron chi connectivity index (χ4n) is 2.08. The molecule has 0 fully saturated rings. The van der Waals surface area contributed by atoms with Gasteiger partial charge in [0.25, 0.3) is 5.91 Å². The monoisotopic (exact) mass is 347 g/mol. The van der Waals surface area contributed by atoms with Crippen molar-refractivity contribution < 1.29 is 23.1 Å². The first-order valence-electron chi connectivity index (χ1n) is 7.26. The van der Waals surface area contributed by atoms with E-state index in [0.29, 0.717) is 11.1 Å². The molecule has 0 spiro atoms. The average molecular weight is 347 g/mol. The second-order valence-electron chi connectivity index (χ2n) is 5.12. The van der Waals surface area contributed by atoms with E-state index in [1.807, 2.05) is 0 Å². The molecule has 0 aromatic heterocycles. The van der Waals surface area contributed by atoms with E-state index in [0.717, 1.165) is 0 Å². The molecule has 0 saturated carbocycles. The van der Waals surface area contributed by atoms with E-state index in [2.05, 4.69) is 5.32 Å². The second-order valence-corrected chi connectivity index (χ2v) is 7.39. The third-order valence-corrected chi connectivity index (χ3v) is 5.23. The number of benzene rings is 2. The normalized spacial score (nSPS) is 11.0. The topological polar surface area (TPSA) is 101 Å². The van der Waals surface area contributed by atoms with Gasteiger partial charge in [-0.3, -0.25) is 4.79 Å². The molecule has 7 heteroatoms. The summed E-state index contributed by atoms with van der Waals surface area (Å²) in [6.45, 7) is 1.73. The summed E-state index contributed by atoms with van der Waals surface area (Å²) in [6.07, 6.45) is 0. The van der Waals surface area contributed by atoms with Crippen LogP contribution in [0.2, 0.25) is 0 Å². The Hall–Kier alpha value is -2.67. The highest BCUT2D eigenvalue weighted by atomic mass is 32.2. The smallest absolute Gasteiger partial charge is 0.335 e. The van der Waals surface area contributed by atoms with Gasteiger partial charge in [0.2, 0.25) is 0 Å². The first-order valence-corrected chi connectivity index (χ1v) is 8.92. The lowest BCUT2D eigenvalue weighted by atomic mass is 10.1. The van der Waals surface area contributed by atoms with Gasteiger partial charge < -0.3 is 10.4 Å². The number of aromatic carboxylic acids is 1. The van der Waals surface area contributed by atoms with E-state index < -0.39 is 15.8 Å². The van der Waals surface area contributed by atoms with Crippen LogP contribution in [0.25, 0.3) is 0 Å². The van der Waals surface area contributed by atoms with Crippen LogP contribution in [0.3, 0.4) is 0 Å². The number of hydrogen-bond acceptors (Lipinski definition) is 4. The van der Waals surface area contributed by atoms with E-state index in [-0.39, 0.29) is 28.7 Å². The molecule has 2 N–H and O–H groups in total. The quantitative estimate of drug-likeness (QED) is 0.833. The Morgan fingerprint density at radius 3 is 2.29 bits per heavy atom. The lowest BCUT2D eigenvalue weighted by Crippen LogP contribution is -2.23. The average Bonchev–Trinajstić information content (AvgIpc) is 2.60. The van der Waals surface area contributed by atoms with Crippen molar-refractivity contribution in [2.24, 2.45) is 0 Å². The summed E-state index contributed by atoms with van der Waals surface area (Å²) in [6, 6.07) is 12.0. The van der Waals surface area contributed by atoms with E-state index in [9.17, 15) is 18.0 Å². The molecule has 0 unspecified atom stereocenters. The van der Waals surface area contributed by atoms with Crippen molar-refractivity contribution in [3.63, 3.8) is 0 Å². The van der Waals surface area contributed by atoms with Crippen molar-refractivity contribution in [2.45, 2.75) is 18.4 Å². The minimum absolute atomic E-state index is 0.00153. The van der Waals surface area contributed by atoms with Gasteiger partial charge in [0.05, 0.1) is 16.2 Å². The summed E-state index contributed by atoms with van der Waals surface area (Å²) >= 11 is 0. The van der Waals surface area contributed by atoms with Gasteiger partial charge in [-0.05, 0) is 42.0 Å². The van der Waals surface area contributed by atoms with E-state index >= 15 is 0 Å². The zero-order valence-electron chi connectivity index (χ0n) is 13.0. The van der Waals surface area contributed by atoms with Crippen LogP contribution in [0.1, 0.15) is 33.2 Å². The maximum atomic E-state index is 12.1. The molecule has 126 valence electrons. The van der Waals surface area contributed by atoms with Crippen molar-refractivity contribution in [2.75, 3.05) is 5.75 Å². The van der Waals surface area contributed by atoms with Gasteiger partial charge in [0, 0.05) is 12.1 Å². The zero-order chi connectivity index (χ0) is 17.7. The van der Waals surface area contributed by atoms with E-state index in [1.165, 1.54) is 36.4 Å². The zero-order valence-corrected chi connectivity index (χ0v) is 13.8. The summed E-state index contributed by atoms with van der Waals surface area (Å²) in [7, 11) is -3.30. The number of carboxylic acids is 1. The predicted molar refractivity (Wildman–Crippen MR) is 88.7 cm³/mol. The van der Waals surface area contributed by atoms with Crippen LogP contribution in [0.15, 0.2) is 53.4 Å². The Kier molecular flexibility index (Phi) is 5.35. The number of rotatable bonds is 6. The molecular weight excluding hydrogens is 330 g/mol. The number of carbonyl (C=O) groups excluding carboxylic acids is 1. The molecule has 0 aliphatic heterocycles. The highest BCUT2D eigenvalue weighted by Crippen LogP contribution is 2.12. The SMILES string of the molecule is CCS(=O)(=O)c1ccc(C(=O)NCc2cccc(C(=O)O)c2)cc1. The molecule has 2 rings (SSSR count). The van der Waals surface area contributed by atoms with Gasteiger partial charge in [0.1, 0.15) is 0 Å². The fourth-order valence-corrected chi connectivity index (χ4v) is 2.96. The molecule has 2 aromatic rings. The van der Waals surface area contributed by atoms with Gasteiger partial charge in [0.15, 0.2) is 9.84 Å². The molecule has 6 nitrogen and oxygen atoms in total.